The van der Waals surface area contributed by atoms with Crippen molar-refractivity contribution in [1.29, 1.82) is 0 Å². The Bertz CT molecular complexity index is 651. The minimum Gasteiger partial charge on any atom is -0.427 e. The Balaban J connectivity index is 1.82. The zero-order chi connectivity index (χ0) is 18.6. The first kappa shape index (κ1) is 20.1. The monoisotopic (exact) mass is 354 g/mol. The Labute approximate surface area is 157 Å². The molecule has 0 aliphatic rings. The van der Waals surface area contributed by atoms with Crippen molar-refractivity contribution in [3.63, 3.8) is 0 Å². The lowest BCUT2D eigenvalue weighted by Gasteiger charge is -2.06. The number of esters is 1. The molecule has 26 heavy (non-hydrogen) atoms. The van der Waals surface area contributed by atoms with Crippen LogP contribution in [0.3, 0.4) is 0 Å². The predicted molar refractivity (Wildman–Crippen MR) is 105 cm³/mol. The molecule has 0 spiro atoms. The summed E-state index contributed by atoms with van der Waals surface area (Å²) in [6, 6.07) is 7.47. The first-order valence-electron chi connectivity index (χ1n) is 9.85. The van der Waals surface area contributed by atoms with E-state index in [2.05, 4.69) is 23.8 Å². The van der Waals surface area contributed by atoms with Crippen LogP contribution in [0, 0.1) is 0 Å². The van der Waals surface area contributed by atoms with Gasteiger partial charge in [0.2, 0.25) is 0 Å². The van der Waals surface area contributed by atoms with Gasteiger partial charge in [0.25, 0.3) is 0 Å². The lowest BCUT2D eigenvalue weighted by atomic mass is 10.1. The van der Waals surface area contributed by atoms with Gasteiger partial charge in [-0.15, -0.1) is 0 Å². The van der Waals surface area contributed by atoms with Crippen molar-refractivity contribution < 1.29 is 9.53 Å². The summed E-state index contributed by atoms with van der Waals surface area (Å²) in [6.45, 7) is 4.35. The molecule has 0 unspecified atom stereocenters. The molecule has 0 aliphatic heterocycles. The molecule has 0 radical (unpaired) electrons. The summed E-state index contributed by atoms with van der Waals surface area (Å²) in [5.74, 6) is 0.425. The molecule has 0 saturated carbocycles. The van der Waals surface area contributed by atoms with Gasteiger partial charge in [-0.1, -0.05) is 46.0 Å². The molecule has 0 bridgehead atoms. The molecule has 140 valence electrons. The highest BCUT2D eigenvalue weighted by Gasteiger charge is 2.06. The smallest absolute Gasteiger partial charge is 0.311 e. The lowest BCUT2D eigenvalue weighted by Crippen LogP contribution is -2.07. The molecule has 2 rings (SSSR count). The van der Waals surface area contributed by atoms with Gasteiger partial charge in [0.15, 0.2) is 0 Å². The van der Waals surface area contributed by atoms with Crippen LogP contribution in [0.1, 0.15) is 70.9 Å². The second-order valence-corrected chi connectivity index (χ2v) is 6.66. The van der Waals surface area contributed by atoms with Gasteiger partial charge in [-0.3, -0.25) is 14.8 Å². The minimum atomic E-state index is -0.158. The third-order valence-corrected chi connectivity index (χ3v) is 4.36. The number of unbranched alkanes of at least 4 members (excludes halogenated alkanes) is 5. The maximum absolute atomic E-state index is 11.9. The molecule has 2 aromatic rings. The second kappa shape index (κ2) is 11.4. The fourth-order valence-corrected chi connectivity index (χ4v) is 2.74. The number of nitrogens with zero attached hydrogens (tertiary/aromatic N) is 2. The second-order valence-electron chi connectivity index (χ2n) is 6.66. The van der Waals surface area contributed by atoms with Gasteiger partial charge in [0, 0.05) is 18.2 Å². The van der Waals surface area contributed by atoms with Gasteiger partial charge in [0.1, 0.15) is 5.75 Å². The highest BCUT2D eigenvalue weighted by atomic mass is 16.5. The molecule has 4 nitrogen and oxygen atoms in total. The third kappa shape index (κ3) is 6.95. The van der Waals surface area contributed by atoms with Crippen LogP contribution < -0.4 is 4.74 Å². The van der Waals surface area contributed by atoms with Gasteiger partial charge in [-0.2, -0.15) is 0 Å². The van der Waals surface area contributed by atoms with Crippen LogP contribution in [0.5, 0.6) is 5.75 Å². The van der Waals surface area contributed by atoms with Crippen molar-refractivity contribution in [2.24, 2.45) is 0 Å². The van der Waals surface area contributed by atoms with Crippen molar-refractivity contribution in [3.8, 4) is 17.0 Å². The zero-order valence-electron chi connectivity index (χ0n) is 16.0. The largest absolute Gasteiger partial charge is 0.427 e. The van der Waals surface area contributed by atoms with E-state index in [4.69, 9.17) is 4.74 Å². The van der Waals surface area contributed by atoms with Crippen LogP contribution in [-0.4, -0.2) is 15.9 Å². The molecular weight excluding hydrogens is 324 g/mol. The number of ether oxygens (including phenoxy) is 1. The van der Waals surface area contributed by atoms with E-state index >= 15 is 0 Å². The average Bonchev–Trinajstić information content (AvgIpc) is 2.67. The summed E-state index contributed by atoms with van der Waals surface area (Å²) in [5.41, 5.74) is 2.83. The van der Waals surface area contributed by atoms with Gasteiger partial charge in [-0.05, 0) is 43.5 Å². The summed E-state index contributed by atoms with van der Waals surface area (Å²) >= 11 is 0. The molecule has 0 aliphatic carbocycles. The Kier molecular flexibility index (Phi) is 8.81. The van der Waals surface area contributed by atoms with E-state index in [0.717, 1.165) is 49.1 Å². The molecule has 0 atom stereocenters. The minimum absolute atomic E-state index is 0.158. The van der Waals surface area contributed by atoms with Crippen LogP contribution in [-0.2, 0) is 11.2 Å². The number of hydrogen-bond acceptors (Lipinski definition) is 4. The number of aromatic nitrogens is 2. The Morgan fingerprint density at radius 3 is 2.27 bits per heavy atom. The molecule has 0 amide bonds. The number of hydrogen-bond donors (Lipinski definition) is 0. The molecule has 1 aromatic carbocycles. The molecule has 0 N–H and O–H groups in total. The van der Waals surface area contributed by atoms with E-state index in [1.165, 1.54) is 19.3 Å². The summed E-state index contributed by atoms with van der Waals surface area (Å²) in [6.07, 6.45) is 13.0. The molecule has 1 heterocycles. The maximum atomic E-state index is 11.9. The first-order chi connectivity index (χ1) is 12.7. The van der Waals surface area contributed by atoms with E-state index in [1.54, 1.807) is 0 Å². The van der Waals surface area contributed by atoms with Crippen LogP contribution >= 0.6 is 0 Å². The fourth-order valence-electron chi connectivity index (χ4n) is 2.74. The fraction of sp³-hybridized carbons (Fsp3) is 0.500. The molecule has 1 aromatic heterocycles. The van der Waals surface area contributed by atoms with Crippen LogP contribution in [0.4, 0.5) is 0 Å². The van der Waals surface area contributed by atoms with Crippen molar-refractivity contribution >= 4 is 5.97 Å². The summed E-state index contributed by atoms with van der Waals surface area (Å²) in [7, 11) is 0. The summed E-state index contributed by atoms with van der Waals surface area (Å²) in [4.78, 5) is 20.8. The topological polar surface area (TPSA) is 52.1 Å². The van der Waals surface area contributed by atoms with Crippen molar-refractivity contribution in [2.45, 2.75) is 71.6 Å². The first-order valence-corrected chi connectivity index (χ1v) is 9.85. The number of aryl methyl sites for hydroxylation is 1. The van der Waals surface area contributed by atoms with Crippen LogP contribution in [0.25, 0.3) is 11.3 Å². The van der Waals surface area contributed by atoms with E-state index in [9.17, 15) is 4.79 Å². The number of rotatable bonds is 11. The van der Waals surface area contributed by atoms with Crippen molar-refractivity contribution in [2.75, 3.05) is 0 Å². The van der Waals surface area contributed by atoms with Gasteiger partial charge < -0.3 is 4.74 Å². The van der Waals surface area contributed by atoms with E-state index in [-0.39, 0.29) is 5.97 Å². The Morgan fingerprint density at radius 1 is 0.885 bits per heavy atom. The lowest BCUT2D eigenvalue weighted by molar-refractivity contribution is -0.134. The summed E-state index contributed by atoms with van der Waals surface area (Å²) < 4.78 is 5.40. The van der Waals surface area contributed by atoms with E-state index in [0.29, 0.717) is 12.2 Å². The third-order valence-electron chi connectivity index (χ3n) is 4.36. The van der Waals surface area contributed by atoms with Crippen LogP contribution in [0.15, 0.2) is 36.7 Å². The van der Waals surface area contributed by atoms with Gasteiger partial charge in [-0.25, -0.2) is 0 Å². The molecule has 4 heteroatoms. The quantitative estimate of drug-likeness (QED) is 0.293. The van der Waals surface area contributed by atoms with E-state index in [1.807, 2.05) is 36.7 Å². The molecule has 0 fully saturated rings. The maximum Gasteiger partial charge on any atom is 0.311 e. The Hall–Kier alpha value is -2.23. The SMILES string of the molecule is CCCCCCCC(=O)Oc1ccc(-c2cnc(CCCC)cn2)cc1. The van der Waals surface area contributed by atoms with Crippen molar-refractivity contribution in [3.05, 3.63) is 42.4 Å². The summed E-state index contributed by atoms with van der Waals surface area (Å²) in [5, 5.41) is 0. The number of carbonyl (C=O) groups is 1. The Morgan fingerprint density at radius 2 is 1.62 bits per heavy atom. The van der Waals surface area contributed by atoms with Gasteiger partial charge in [0.05, 0.1) is 17.6 Å². The normalized spacial score (nSPS) is 10.7. The number of carbonyl (C=O) groups excluding carboxylic acids is 1. The molecule has 0 saturated heterocycles. The molecular formula is C22H30N2O2. The van der Waals surface area contributed by atoms with Gasteiger partial charge >= 0.3 is 5.97 Å². The average molecular weight is 354 g/mol. The predicted octanol–water partition coefficient (Wildman–Crippen LogP) is 5.75. The highest BCUT2D eigenvalue weighted by Crippen LogP contribution is 2.21. The van der Waals surface area contributed by atoms with Crippen molar-refractivity contribution in [1.82, 2.24) is 9.97 Å². The highest BCUT2D eigenvalue weighted by molar-refractivity contribution is 5.72. The van der Waals surface area contributed by atoms with Crippen LogP contribution in [0.2, 0.25) is 0 Å². The standard InChI is InChI=1S/C22H30N2O2/c1-3-5-7-8-9-11-22(25)26-20-14-12-18(13-15-20)21-17-23-19(16-24-21)10-6-4-2/h12-17H,3-11H2,1-2H3. The van der Waals surface area contributed by atoms with E-state index < -0.39 is 0 Å². The number of benzene rings is 1. The zero-order valence-corrected chi connectivity index (χ0v) is 16.0.